The average molecular weight is 428 g/mol. The third-order valence-corrected chi connectivity index (χ3v) is 5.89. The summed E-state index contributed by atoms with van der Waals surface area (Å²) < 4.78 is 29.5. The van der Waals surface area contributed by atoms with E-state index < -0.39 is 22.0 Å². The Kier molecular flexibility index (Phi) is 9.58. The molecule has 0 spiro atoms. The topological polar surface area (TPSA) is 96.0 Å². The van der Waals surface area contributed by atoms with Crippen molar-refractivity contribution in [1.82, 2.24) is 14.5 Å². The zero-order valence-corrected chi connectivity index (χ0v) is 19.0. The first-order valence-electron chi connectivity index (χ1n) is 9.57. The molecule has 0 saturated heterocycles. The van der Waals surface area contributed by atoms with E-state index in [2.05, 4.69) is 19.2 Å². The number of hydrogen-bond acceptors (Lipinski definition) is 5. The molecule has 164 valence electrons. The van der Waals surface area contributed by atoms with Crippen LogP contribution in [-0.2, 0) is 26.2 Å². The van der Waals surface area contributed by atoms with E-state index in [-0.39, 0.29) is 19.0 Å². The summed E-state index contributed by atoms with van der Waals surface area (Å²) in [6.07, 6.45) is 1.87. The van der Waals surface area contributed by atoms with Crippen LogP contribution in [0, 0.1) is 5.92 Å². The Morgan fingerprint density at radius 3 is 2.21 bits per heavy atom. The standard InChI is InChI=1S/C20H33N3O5S/c1-15(2)11-12-21-20(25)16(3)23(19(24)14-22(4)29(6,26)27)13-17-7-9-18(28-5)10-8-17/h7-10,15-16H,11-14H2,1-6H3,(H,21,25)/t16-/m0/s1. The predicted molar refractivity (Wildman–Crippen MR) is 113 cm³/mol. The molecule has 0 heterocycles. The summed E-state index contributed by atoms with van der Waals surface area (Å²) in [5.41, 5.74) is 0.808. The van der Waals surface area contributed by atoms with Gasteiger partial charge in [0.2, 0.25) is 21.8 Å². The molecule has 0 aliphatic carbocycles. The van der Waals surface area contributed by atoms with Gasteiger partial charge in [-0.2, -0.15) is 4.31 Å². The summed E-state index contributed by atoms with van der Waals surface area (Å²) in [6, 6.07) is 6.41. The summed E-state index contributed by atoms with van der Waals surface area (Å²) >= 11 is 0. The van der Waals surface area contributed by atoms with Crippen molar-refractivity contribution >= 4 is 21.8 Å². The van der Waals surface area contributed by atoms with Gasteiger partial charge in [-0.15, -0.1) is 0 Å². The van der Waals surface area contributed by atoms with Crippen LogP contribution in [0.25, 0.3) is 0 Å². The number of methoxy groups -OCH3 is 1. The van der Waals surface area contributed by atoms with Crippen LogP contribution in [0.3, 0.4) is 0 Å². The Morgan fingerprint density at radius 1 is 1.14 bits per heavy atom. The van der Waals surface area contributed by atoms with Gasteiger partial charge in [0.1, 0.15) is 11.8 Å². The van der Waals surface area contributed by atoms with Crippen LogP contribution in [0.5, 0.6) is 5.75 Å². The predicted octanol–water partition coefficient (Wildman–Crippen LogP) is 1.47. The van der Waals surface area contributed by atoms with E-state index in [4.69, 9.17) is 4.74 Å². The minimum atomic E-state index is -3.51. The van der Waals surface area contributed by atoms with Gasteiger partial charge in [0.25, 0.3) is 0 Å². The highest BCUT2D eigenvalue weighted by Crippen LogP contribution is 2.15. The van der Waals surface area contributed by atoms with Crippen molar-refractivity contribution in [2.75, 3.05) is 33.5 Å². The number of benzene rings is 1. The highest BCUT2D eigenvalue weighted by atomic mass is 32.2. The van der Waals surface area contributed by atoms with Crippen molar-refractivity contribution in [3.8, 4) is 5.75 Å². The number of sulfonamides is 1. The van der Waals surface area contributed by atoms with Crippen LogP contribution >= 0.6 is 0 Å². The number of nitrogens with zero attached hydrogens (tertiary/aromatic N) is 2. The van der Waals surface area contributed by atoms with E-state index >= 15 is 0 Å². The number of carbonyl (C=O) groups excluding carboxylic acids is 2. The fraction of sp³-hybridized carbons (Fsp3) is 0.600. The van der Waals surface area contributed by atoms with Gasteiger partial charge in [0.05, 0.1) is 19.9 Å². The van der Waals surface area contributed by atoms with Gasteiger partial charge < -0.3 is 15.0 Å². The van der Waals surface area contributed by atoms with E-state index in [9.17, 15) is 18.0 Å². The minimum Gasteiger partial charge on any atom is -0.497 e. The van der Waals surface area contributed by atoms with Crippen molar-refractivity contribution in [3.63, 3.8) is 0 Å². The molecule has 1 N–H and O–H groups in total. The molecule has 9 heteroatoms. The maximum absolute atomic E-state index is 12.9. The molecule has 1 atom stereocenters. The number of likely N-dealkylation sites (N-methyl/N-ethyl adjacent to an activating group) is 1. The van der Waals surface area contributed by atoms with Crippen LogP contribution in [0.4, 0.5) is 0 Å². The normalized spacial score (nSPS) is 12.7. The lowest BCUT2D eigenvalue weighted by molar-refractivity contribution is -0.140. The molecule has 2 amide bonds. The number of nitrogens with one attached hydrogen (secondary N) is 1. The molecule has 0 unspecified atom stereocenters. The fourth-order valence-corrected chi connectivity index (χ4v) is 2.89. The van der Waals surface area contributed by atoms with E-state index in [1.165, 1.54) is 11.9 Å². The van der Waals surface area contributed by atoms with Gasteiger partial charge in [-0.1, -0.05) is 26.0 Å². The summed E-state index contributed by atoms with van der Waals surface area (Å²) in [7, 11) is -0.610. The van der Waals surface area contributed by atoms with Gasteiger partial charge in [0.15, 0.2) is 0 Å². The van der Waals surface area contributed by atoms with Crippen molar-refractivity contribution in [3.05, 3.63) is 29.8 Å². The summed E-state index contributed by atoms with van der Waals surface area (Å²) in [4.78, 5) is 26.9. The number of hydrogen-bond donors (Lipinski definition) is 1. The average Bonchev–Trinajstić information content (AvgIpc) is 2.64. The molecule has 0 saturated carbocycles. The number of amides is 2. The maximum atomic E-state index is 12.9. The second kappa shape index (κ2) is 11.2. The van der Waals surface area contributed by atoms with E-state index in [0.29, 0.717) is 18.2 Å². The van der Waals surface area contributed by atoms with Crippen LogP contribution < -0.4 is 10.1 Å². The summed E-state index contributed by atoms with van der Waals surface area (Å²) in [6.45, 7) is 6.14. The second-order valence-electron chi connectivity index (χ2n) is 7.54. The Morgan fingerprint density at radius 2 is 1.72 bits per heavy atom. The van der Waals surface area contributed by atoms with Gasteiger partial charge in [-0.25, -0.2) is 8.42 Å². The molecule has 1 rings (SSSR count). The van der Waals surface area contributed by atoms with Crippen LogP contribution in [0.2, 0.25) is 0 Å². The van der Waals surface area contributed by atoms with Crippen LogP contribution in [0.1, 0.15) is 32.8 Å². The van der Waals surface area contributed by atoms with Crippen LogP contribution in [-0.4, -0.2) is 69.0 Å². The summed E-state index contributed by atoms with van der Waals surface area (Å²) in [5, 5.41) is 2.85. The molecule has 0 radical (unpaired) electrons. The lowest BCUT2D eigenvalue weighted by Gasteiger charge is -2.30. The lowest BCUT2D eigenvalue weighted by Crippen LogP contribution is -2.50. The van der Waals surface area contributed by atoms with E-state index in [1.54, 1.807) is 26.2 Å². The van der Waals surface area contributed by atoms with E-state index in [1.807, 2.05) is 12.1 Å². The third kappa shape index (κ3) is 8.41. The van der Waals surface area contributed by atoms with Crippen LogP contribution in [0.15, 0.2) is 24.3 Å². The smallest absolute Gasteiger partial charge is 0.242 e. The number of carbonyl (C=O) groups is 2. The number of ether oxygens (including phenoxy) is 1. The van der Waals surface area contributed by atoms with Gasteiger partial charge in [-0.05, 0) is 37.0 Å². The molecule has 1 aromatic carbocycles. The molecule has 0 aromatic heterocycles. The molecule has 8 nitrogen and oxygen atoms in total. The fourth-order valence-electron chi connectivity index (χ4n) is 2.54. The largest absolute Gasteiger partial charge is 0.497 e. The highest BCUT2D eigenvalue weighted by Gasteiger charge is 2.28. The third-order valence-electron chi connectivity index (χ3n) is 4.62. The van der Waals surface area contributed by atoms with Gasteiger partial charge in [-0.3, -0.25) is 9.59 Å². The first-order chi connectivity index (χ1) is 13.5. The first kappa shape index (κ1) is 24.9. The van der Waals surface area contributed by atoms with Gasteiger partial charge in [0, 0.05) is 20.1 Å². The Bertz CT molecular complexity index is 778. The molecular formula is C20H33N3O5S. The first-order valence-corrected chi connectivity index (χ1v) is 11.4. The quantitative estimate of drug-likeness (QED) is 0.577. The van der Waals surface area contributed by atoms with E-state index in [0.717, 1.165) is 22.5 Å². The Hall–Kier alpha value is -2.13. The molecule has 0 bridgehead atoms. The van der Waals surface area contributed by atoms with Gasteiger partial charge >= 0.3 is 0 Å². The Labute approximate surface area is 174 Å². The van der Waals surface area contributed by atoms with Crippen molar-refractivity contribution in [2.45, 2.75) is 39.8 Å². The molecular weight excluding hydrogens is 394 g/mol. The lowest BCUT2D eigenvalue weighted by atomic mass is 10.1. The molecule has 29 heavy (non-hydrogen) atoms. The molecule has 0 aliphatic heterocycles. The Balaban J connectivity index is 2.99. The zero-order valence-electron chi connectivity index (χ0n) is 18.1. The number of rotatable bonds is 11. The van der Waals surface area contributed by atoms with Crippen molar-refractivity contribution in [1.29, 1.82) is 0 Å². The maximum Gasteiger partial charge on any atom is 0.242 e. The summed E-state index contributed by atoms with van der Waals surface area (Å²) in [5.74, 6) is 0.420. The minimum absolute atomic E-state index is 0.180. The van der Waals surface area contributed by atoms with Crippen molar-refractivity contribution in [2.24, 2.45) is 5.92 Å². The molecule has 0 aliphatic rings. The SMILES string of the molecule is COc1ccc(CN(C(=O)CN(C)S(C)(=O)=O)[C@@H](C)C(=O)NCCC(C)C)cc1. The zero-order chi connectivity index (χ0) is 22.2. The van der Waals surface area contributed by atoms with Crippen molar-refractivity contribution < 1.29 is 22.7 Å². The second-order valence-corrected chi connectivity index (χ2v) is 9.63. The monoisotopic (exact) mass is 427 g/mol. The molecule has 1 aromatic rings. The molecule has 0 fully saturated rings. The highest BCUT2D eigenvalue weighted by molar-refractivity contribution is 7.88.